The summed E-state index contributed by atoms with van der Waals surface area (Å²) in [6, 6.07) is 0.422. The summed E-state index contributed by atoms with van der Waals surface area (Å²) in [5.41, 5.74) is 5.84. The molecule has 0 aromatic heterocycles. The van der Waals surface area contributed by atoms with Gasteiger partial charge in [0.25, 0.3) is 0 Å². The Kier molecular flexibility index (Phi) is 4.99. The molecule has 1 atom stereocenters. The van der Waals surface area contributed by atoms with Gasteiger partial charge >= 0.3 is 0 Å². The van der Waals surface area contributed by atoms with Crippen molar-refractivity contribution in [2.75, 3.05) is 6.54 Å². The lowest BCUT2D eigenvalue weighted by molar-refractivity contribution is -0.0508. The van der Waals surface area contributed by atoms with Crippen molar-refractivity contribution in [3.8, 4) is 0 Å². The van der Waals surface area contributed by atoms with Crippen molar-refractivity contribution in [3.63, 3.8) is 0 Å². The number of halogens is 2. The topological polar surface area (TPSA) is 50.4 Å². The molecule has 3 nitrogen and oxygen atoms in total. The summed E-state index contributed by atoms with van der Waals surface area (Å²) in [7, 11) is 0. The summed E-state index contributed by atoms with van der Waals surface area (Å²) in [5, 5.41) is 3.22. The second-order valence-corrected chi connectivity index (χ2v) is 6.02. The van der Waals surface area contributed by atoms with E-state index in [2.05, 4.69) is 10.3 Å². The van der Waals surface area contributed by atoms with Crippen LogP contribution in [-0.4, -0.2) is 24.5 Å². The molecular formula is C14H25F2N3. The van der Waals surface area contributed by atoms with Crippen LogP contribution >= 0.6 is 0 Å². The summed E-state index contributed by atoms with van der Waals surface area (Å²) in [4.78, 5) is 4.26. The molecule has 0 aromatic rings. The van der Waals surface area contributed by atoms with Gasteiger partial charge in [-0.15, -0.1) is 0 Å². The van der Waals surface area contributed by atoms with Gasteiger partial charge in [0.15, 0.2) is 5.96 Å². The molecule has 2 fully saturated rings. The van der Waals surface area contributed by atoms with Gasteiger partial charge in [-0.25, -0.2) is 8.78 Å². The minimum absolute atomic E-state index is 0.0181. The fourth-order valence-electron chi connectivity index (χ4n) is 3.16. The number of alkyl halides is 2. The van der Waals surface area contributed by atoms with Gasteiger partial charge in [-0.3, -0.25) is 4.99 Å². The third-order valence-electron chi connectivity index (χ3n) is 4.22. The summed E-state index contributed by atoms with van der Waals surface area (Å²) in [5.74, 6) is -2.08. The highest BCUT2D eigenvalue weighted by Gasteiger charge is 2.35. The Bertz CT molecular complexity index is 312. The summed E-state index contributed by atoms with van der Waals surface area (Å²) >= 11 is 0. The first kappa shape index (κ1) is 14.5. The highest BCUT2D eigenvalue weighted by Crippen LogP contribution is 2.36. The molecule has 0 radical (unpaired) electrons. The highest BCUT2D eigenvalue weighted by atomic mass is 19.3. The van der Waals surface area contributed by atoms with Crippen LogP contribution in [0.5, 0.6) is 0 Å². The number of nitrogens with zero attached hydrogens (tertiary/aromatic N) is 1. The molecule has 0 spiro atoms. The molecule has 0 heterocycles. The molecule has 0 aliphatic heterocycles. The minimum atomic E-state index is -2.50. The van der Waals surface area contributed by atoms with Crippen LogP contribution in [0.4, 0.5) is 8.78 Å². The molecule has 3 N–H and O–H groups in total. The van der Waals surface area contributed by atoms with E-state index in [1.165, 1.54) is 19.3 Å². The second-order valence-electron chi connectivity index (χ2n) is 6.02. The zero-order chi connectivity index (χ0) is 13.7. The monoisotopic (exact) mass is 273 g/mol. The van der Waals surface area contributed by atoms with Gasteiger partial charge in [-0.05, 0) is 31.6 Å². The minimum Gasteiger partial charge on any atom is -0.370 e. The Balaban J connectivity index is 1.74. The van der Waals surface area contributed by atoms with Crippen LogP contribution in [0, 0.1) is 5.92 Å². The van der Waals surface area contributed by atoms with E-state index in [-0.39, 0.29) is 18.8 Å². The molecule has 5 heteroatoms. The predicted octanol–water partition coefficient (Wildman–Crippen LogP) is 3.05. The molecule has 2 aliphatic rings. The first-order chi connectivity index (χ1) is 9.05. The Labute approximate surface area is 114 Å². The molecule has 0 amide bonds. The Morgan fingerprint density at radius 3 is 2.58 bits per heavy atom. The third-order valence-corrected chi connectivity index (χ3v) is 4.22. The molecular weight excluding hydrogens is 248 g/mol. The van der Waals surface area contributed by atoms with Crippen LogP contribution in [0.1, 0.15) is 57.8 Å². The normalized spacial score (nSPS) is 29.2. The Hall–Kier alpha value is -0.870. The molecule has 2 saturated carbocycles. The van der Waals surface area contributed by atoms with Crippen LogP contribution < -0.4 is 11.1 Å². The third kappa shape index (κ3) is 4.96. The average molecular weight is 273 g/mol. The van der Waals surface area contributed by atoms with E-state index in [4.69, 9.17) is 5.73 Å². The maximum atomic E-state index is 13.3. The van der Waals surface area contributed by atoms with Gasteiger partial charge in [0.2, 0.25) is 5.92 Å². The number of nitrogens with one attached hydrogen (secondary N) is 1. The largest absolute Gasteiger partial charge is 0.370 e. The molecule has 19 heavy (non-hydrogen) atoms. The van der Waals surface area contributed by atoms with Gasteiger partial charge in [0.05, 0.1) is 0 Å². The van der Waals surface area contributed by atoms with Gasteiger partial charge in [0.1, 0.15) is 0 Å². The lowest BCUT2D eigenvalue weighted by Crippen LogP contribution is -2.41. The highest BCUT2D eigenvalue weighted by molar-refractivity contribution is 5.78. The lowest BCUT2D eigenvalue weighted by atomic mass is 9.86. The van der Waals surface area contributed by atoms with Gasteiger partial charge in [0, 0.05) is 25.4 Å². The number of rotatable bonds is 3. The molecule has 1 unspecified atom stereocenters. The lowest BCUT2D eigenvalue weighted by Gasteiger charge is -2.28. The predicted molar refractivity (Wildman–Crippen MR) is 73.4 cm³/mol. The molecule has 0 aromatic carbocycles. The van der Waals surface area contributed by atoms with E-state index in [1.54, 1.807) is 0 Å². The van der Waals surface area contributed by atoms with E-state index < -0.39 is 5.92 Å². The van der Waals surface area contributed by atoms with Gasteiger partial charge < -0.3 is 11.1 Å². The molecule has 2 rings (SSSR count). The quantitative estimate of drug-likeness (QED) is 0.613. The maximum Gasteiger partial charge on any atom is 0.248 e. The van der Waals surface area contributed by atoms with Crippen molar-refractivity contribution in [1.29, 1.82) is 0 Å². The molecule has 110 valence electrons. The summed E-state index contributed by atoms with van der Waals surface area (Å²) < 4.78 is 26.5. The zero-order valence-electron chi connectivity index (χ0n) is 11.5. The van der Waals surface area contributed by atoms with Crippen LogP contribution in [0.3, 0.4) is 0 Å². The van der Waals surface area contributed by atoms with E-state index in [0.29, 0.717) is 25.0 Å². The number of guanidine groups is 1. The van der Waals surface area contributed by atoms with Crippen LogP contribution in [-0.2, 0) is 0 Å². The number of hydrogen-bond acceptors (Lipinski definition) is 1. The first-order valence-electron chi connectivity index (χ1n) is 7.49. The van der Waals surface area contributed by atoms with Crippen molar-refractivity contribution < 1.29 is 8.78 Å². The molecule has 0 bridgehead atoms. The standard InChI is InChI=1S/C14H25F2N3/c15-14(16)8-4-5-11(9-14)10-18-13(17)19-12-6-2-1-3-7-12/h11-12H,1-10H2,(H3,17,18,19). The van der Waals surface area contributed by atoms with Crippen LogP contribution in [0.2, 0.25) is 0 Å². The van der Waals surface area contributed by atoms with Crippen LogP contribution in [0.15, 0.2) is 4.99 Å². The fraction of sp³-hybridized carbons (Fsp3) is 0.929. The van der Waals surface area contributed by atoms with Gasteiger partial charge in [-0.1, -0.05) is 19.3 Å². The maximum absolute atomic E-state index is 13.3. The molecule has 0 saturated heterocycles. The van der Waals surface area contributed by atoms with Crippen molar-refractivity contribution in [3.05, 3.63) is 0 Å². The summed E-state index contributed by atoms with van der Waals surface area (Å²) in [6.45, 7) is 0.432. The van der Waals surface area contributed by atoms with Crippen molar-refractivity contribution in [2.45, 2.75) is 69.8 Å². The van der Waals surface area contributed by atoms with Crippen molar-refractivity contribution in [2.24, 2.45) is 16.6 Å². The zero-order valence-corrected chi connectivity index (χ0v) is 11.5. The van der Waals surface area contributed by atoms with E-state index in [9.17, 15) is 8.78 Å². The van der Waals surface area contributed by atoms with E-state index >= 15 is 0 Å². The number of hydrogen-bond donors (Lipinski definition) is 2. The van der Waals surface area contributed by atoms with Crippen molar-refractivity contribution in [1.82, 2.24) is 5.32 Å². The number of aliphatic imine (C=N–C) groups is 1. The molecule has 2 aliphatic carbocycles. The van der Waals surface area contributed by atoms with Crippen LogP contribution in [0.25, 0.3) is 0 Å². The fourth-order valence-corrected chi connectivity index (χ4v) is 3.16. The Morgan fingerprint density at radius 1 is 1.16 bits per heavy atom. The number of nitrogens with two attached hydrogens (primary N) is 1. The SMILES string of the molecule is NC(=NCC1CCCC(F)(F)C1)NC1CCCCC1. The van der Waals surface area contributed by atoms with Crippen molar-refractivity contribution >= 4 is 5.96 Å². The second kappa shape index (κ2) is 6.53. The van der Waals surface area contributed by atoms with Gasteiger partial charge in [-0.2, -0.15) is 0 Å². The summed E-state index contributed by atoms with van der Waals surface area (Å²) in [6.07, 6.45) is 7.48. The van der Waals surface area contributed by atoms with E-state index in [1.807, 2.05) is 0 Å². The smallest absolute Gasteiger partial charge is 0.248 e. The van der Waals surface area contributed by atoms with E-state index in [0.717, 1.165) is 19.3 Å². The average Bonchev–Trinajstić information content (AvgIpc) is 2.36. The first-order valence-corrected chi connectivity index (χ1v) is 7.49. The Morgan fingerprint density at radius 2 is 1.89 bits per heavy atom.